The Morgan fingerprint density at radius 3 is 2.31 bits per heavy atom. The standard InChI is InChI=1S/C24H29F6N5O4/c1-4-12(23(25,26)27)16(34-21(39)24(28,29)30)20(38)35-8-13-15(22(13,2)3)17(35)19(37)32-9(7-31)5-11-10-6-14(10)33-18(11)36/h9-17H,4-6,8H2,1-3H3,(H,32,37)(H,33,36)(H,34,39)/t9-,10+,11+,12?,13-,14+,15-,16-,17-/m0/s1. The molecule has 4 rings (SSSR count). The van der Waals surface area contributed by atoms with Gasteiger partial charge in [-0.05, 0) is 42.4 Å². The van der Waals surface area contributed by atoms with Crippen LogP contribution in [0.5, 0.6) is 0 Å². The van der Waals surface area contributed by atoms with Crippen LogP contribution < -0.4 is 16.0 Å². The molecule has 2 aliphatic carbocycles. The van der Waals surface area contributed by atoms with Crippen molar-refractivity contribution < 1.29 is 45.5 Å². The molecule has 2 saturated heterocycles. The summed E-state index contributed by atoms with van der Waals surface area (Å²) in [4.78, 5) is 51.3. The zero-order valence-corrected chi connectivity index (χ0v) is 21.3. The molecule has 2 saturated carbocycles. The maximum atomic E-state index is 13.8. The van der Waals surface area contributed by atoms with Gasteiger partial charge in [0.1, 0.15) is 18.1 Å². The molecule has 4 fully saturated rings. The highest BCUT2D eigenvalue weighted by Gasteiger charge is 2.70. The van der Waals surface area contributed by atoms with E-state index in [1.165, 1.54) is 5.32 Å². The van der Waals surface area contributed by atoms with E-state index in [2.05, 4.69) is 10.6 Å². The fraction of sp³-hybridized carbons (Fsp3) is 0.792. The molecule has 0 bridgehead atoms. The molecule has 0 spiro atoms. The van der Waals surface area contributed by atoms with Crippen molar-refractivity contribution in [1.82, 2.24) is 20.9 Å². The zero-order chi connectivity index (χ0) is 29.2. The molecule has 9 atom stereocenters. The van der Waals surface area contributed by atoms with Gasteiger partial charge in [0.15, 0.2) is 0 Å². The summed E-state index contributed by atoms with van der Waals surface area (Å²) >= 11 is 0. The van der Waals surface area contributed by atoms with Crippen LogP contribution in [0.1, 0.15) is 40.0 Å². The Balaban J connectivity index is 1.57. The predicted molar refractivity (Wildman–Crippen MR) is 120 cm³/mol. The van der Waals surface area contributed by atoms with Gasteiger partial charge >= 0.3 is 18.3 Å². The number of piperidine rings is 2. The number of carbonyl (C=O) groups is 4. The second-order valence-electron chi connectivity index (χ2n) is 11.4. The SMILES string of the molecule is CCC([C@H](NC(=O)C(F)(F)F)C(=O)N1C[C@H]2[C@@H]([C@H]1C(=O)N[C@H](C#N)C[C@H]1C(=O)N[C@@H]3C[C@@H]31)C2(C)C)C(F)(F)F. The zero-order valence-electron chi connectivity index (χ0n) is 21.3. The number of rotatable bonds is 8. The Morgan fingerprint density at radius 2 is 1.82 bits per heavy atom. The van der Waals surface area contributed by atoms with E-state index in [0.717, 1.165) is 18.2 Å². The Kier molecular flexibility index (Phi) is 7.09. The fourth-order valence-electron chi connectivity index (χ4n) is 6.45. The lowest BCUT2D eigenvalue weighted by molar-refractivity contribution is -0.195. The Labute approximate surface area is 220 Å². The van der Waals surface area contributed by atoms with Gasteiger partial charge in [0, 0.05) is 18.5 Å². The van der Waals surface area contributed by atoms with Crippen LogP contribution in [-0.2, 0) is 19.2 Å². The number of fused-ring (bicyclic) bond motifs is 2. The smallest absolute Gasteiger partial charge is 0.353 e. The topological polar surface area (TPSA) is 131 Å². The van der Waals surface area contributed by atoms with Gasteiger partial charge in [-0.2, -0.15) is 31.6 Å². The third-order valence-electron chi connectivity index (χ3n) is 8.82. The fourth-order valence-corrected chi connectivity index (χ4v) is 6.45. The van der Waals surface area contributed by atoms with Gasteiger partial charge in [-0.3, -0.25) is 19.2 Å². The molecule has 9 nitrogen and oxygen atoms in total. The number of likely N-dealkylation sites (tertiary alicyclic amines) is 1. The van der Waals surface area contributed by atoms with Gasteiger partial charge in [0.2, 0.25) is 17.7 Å². The lowest BCUT2D eigenvalue weighted by Gasteiger charge is -2.36. The molecule has 0 radical (unpaired) electrons. The molecule has 2 aliphatic heterocycles. The van der Waals surface area contributed by atoms with Crippen molar-refractivity contribution in [1.29, 1.82) is 5.26 Å². The second-order valence-corrected chi connectivity index (χ2v) is 11.4. The number of nitriles is 1. The highest BCUT2D eigenvalue weighted by atomic mass is 19.4. The molecule has 4 aliphatic rings. The van der Waals surface area contributed by atoms with Crippen LogP contribution in [0.4, 0.5) is 26.3 Å². The molecule has 39 heavy (non-hydrogen) atoms. The molecule has 216 valence electrons. The summed E-state index contributed by atoms with van der Waals surface area (Å²) in [5.74, 6) is -9.17. The van der Waals surface area contributed by atoms with E-state index in [0.29, 0.717) is 0 Å². The minimum Gasteiger partial charge on any atom is -0.353 e. The Bertz CT molecular complexity index is 1100. The highest BCUT2D eigenvalue weighted by Crippen LogP contribution is 2.65. The maximum Gasteiger partial charge on any atom is 0.471 e. The first-order chi connectivity index (χ1) is 17.9. The number of hydrogen-bond acceptors (Lipinski definition) is 5. The number of hydrogen-bond donors (Lipinski definition) is 3. The lowest BCUT2D eigenvalue weighted by Crippen LogP contribution is -2.61. The van der Waals surface area contributed by atoms with Crippen molar-refractivity contribution in [3.8, 4) is 6.07 Å². The van der Waals surface area contributed by atoms with Crippen molar-refractivity contribution in [2.75, 3.05) is 6.54 Å². The first-order valence-electron chi connectivity index (χ1n) is 12.7. The summed E-state index contributed by atoms with van der Waals surface area (Å²) in [5.41, 5.74) is -0.494. The van der Waals surface area contributed by atoms with Crippen LogP contribution in [0.15, 0.2) is 0 Å². The highest BCUT2D eigenvalue weighted by molar-refractivity contribution is 5.95. The van der Waals surface area contributed by atoms with Crippen LogP contribution in [-0.4, -0.2) is 71.6 Å². The van der Waals surface area contributed by atoms with Gasteiger partial charge in [0.25, 0.3) is 0 Å². The first-order valence-corrected chi connectivity index (χ1v) is 12.7. The lowest BCUT2D eigenvalue weighted by atomic mass is 9.92. The van der Waals surface area contributed by atoms with E-state index >= 15 is 0 Å². The molecule has 4 amide bonds. The third-order valence-corrected chi connectivity index (χ3v) is 8.82. The van der Waals surface area contributed by atoms with Crippen LogP contribution >= 0.6 is 0 Å². The maximum absolute atomic E-state index is 13.8. The average molecular weight is 566 g/mol. The van der Waals surface area contributed by atoms with Gasteiger partial charge in [-0.1, -0.05) is 20.8 Å². The van der Waals surface area contributed by atoms with Crippen molar-refractivity contribution in [2.24, 2.45) is 35.0 Å². The van der Waals surface area contributed by atoms with Crippen LogP contribution in [0, 0.1) is 46.3 Å². The van der Waals surface area contributed by atoms with Gasteiger partial charge in [-0.15, -0.1) is 0 Å². The molecule has 0 aromatic rings. The summed E-state index contributed by atoms with van der Waals surface area (Å²) in [6.45, 7) is 4.40. The van der Waals surface area contributed by atoms with E-state index in [1.54, 1.807) is 13.8 Å². The first kappa shape index (κ1) is 28.9. The van der Waals surface area contributed by atoms with Crippen LogP contribution in [0.3, 0.4) is 0 Å². The van der Waals surface area contributed by atoms with Crippen molar-refractivity contribution in [3.63, 3.8) is 0 Å². The number of amides is 4. The van der Waals surface area contributed by atoms with Gasteiger partial charge in [-0.25, -0.2) is 0 Å². The molecule has 0 aromatic heterocycles. The second kappa shape index (κ2) is 9.55. The van der Waals surface area contributed by atoms with Gasteiger partial charge in [0.05, 0.1) is 12.0 Å². The minimum atomic E-state index is -5.54. The number of halogens is 6. The molecule has 0 aromatic carbocycles. The average Bonchev–Trinajstić information content (AvgIpc) is 3.54. The quantitative estimate of drug-likeness (QED) is 0.385. The molecule has 1 unspecified atom stereocenters. The number of carbonyl (C=O) groups excluding carboxylic acids is 4. The van der Waals surface area contributed by atoms with E-state index < -0.39 is 77.8 Å². The monoisotopic (exact) mass is 565 g/mol. The largest absolute Gasteiger partial charge is 0.471 e. The van der Waals surface area contributed by atoms with Crippen molar-refractivity contribution in [2.45, 2.75) is 76.6 Å². The molecular weight excluding hydrogens is 536 g/mol. The van der Waals surface area contributed by atoms with Crippen molar-refractivity contribution in [3.05, 3.63) is 0 Å². The summed E-state index contributed by atoms with van der Waals surface area (Å²) in [5, 5.41) is 16.1. The van der Waals surface area contributed by atoms with Crippen LogP contribution in [0.25, 0.3) is 0 Å². The minimum absolute atomic E-state index is 0.00361. The Morgan fingerprint density at radius 1 is 1.18 bits per heavy atom. The predicted octanol–water partition coefficient (Wildman–Crippen LogP) is 1.64. The number of nitrogens with one attached hydrogen (secondary N) is 3. The molecule has 2 heterocycles. The van der Waals surface area contributed by atoms with E-state index in [1.807, 2.05) is 6.07 Å². The summed E-state index contributed by atoms with van der Waals surface area (Å²) in [6.07, 6.45) is -10.7. The summed E-state index contributed by atoms with van der Waals surface area (Å²) in [7, 11) is 0. The molecular formula is C24H29F6N5O4. The van der Waals surface area contributed by atoms with Crippen molar-refractivity contribution >= 4 is 23.6 Å². The van der Waals surface area contributed by atoms with E-state index in [9.17, 15) is 50.8 Å². The van der Waals surface area contributed by atoms with Crippen LogP contribution in [0.2, 0.25) is 0 Å². The molecule has 3 N–H and O–H groups in total. The summed E-state index contributed by atoms with van der Waals surface area (Å²) in [6, 6.07) is -3.17. The number of nitrogens with zero attached hydrogens (tertiary/aromatic N) is 2. The molecule has 15 heteroatoms. The summed E-state index contributed by atoms with van der Waals surface area (Å²) < 4.78 is 80.1. The van der Waals surface area contributed by atoms with E-state index in [4.69, 9.17) is 0 Å². The van der Waals surface area contributed by atoms with Gasteiger partial charge < -0.3 is 20.9 Å². The number of alkyl halides is 6. The third kappa shape index (κ3) is 5.26. The normalized spacial score (nSPS) is 32.6. The van der Waals surface area contributed by atoms with E-state index in [-0.39, 0.29) is 36.8 Å². The Hall–Kier alpha value is -3.05.